The van der Waals surface area contributed by atoms with Crippen LogP contribution in [-0.2, 0) is 25.5 Å². The van der Waals surface area contributed by atoms with Gasteiger partial charge in [0.05, 0.1) is 24.1 Å². The van der Waals surface area contributed by atoms with Crippen molar-refractivity contribution in [2.24, 2.45) is 5.92 Å². The van der Waals surface area contributed by atoms with Gasteiger partial charge < -0.3 is 20.5 Å². The van der Waals surface area contributed by atoms with Gasteiger partial charge in [-0.3, -0.25) is 14.4 Å². The van der Waals surface area contributed by atoms with Crippen molar-refractivity contribution in [3.8, 4) is 0 Å². The maximum atomic E-state index is 12.8. The van der Waals surface area contributed by atoms with Crippen molar-refractivity contribution in [2.75, 3.05) is 13.2 Å². The second-order valence-electron chi connectivity index (χ2n) is 8.42. The maximum absolute atomic E-state index is 12.8. The van der Waals surface area contributed by atoms with Crippen LogP contribution in [0.15, 0.2) is 55.6 Å². The van der Waals surface area contributed by atoms with Gasteiger partial charge in [-0.1, -0.05) is 42.5 Å². The van der Waals surface area contributed by atoms with Crippen molar-refractivity contribution in [3.05, 3.63) is 61.2 Å². The molecule has 7 heteroatoms. The fourth-order valence-corrected chi connectivity index (χ4v) is 3.08. The molecule has 0 bridgehead atoms. The highest BCUT2D eigenvalue weighted by Gasteiger charge is 2.28. The first-order chi connectivity index (χ1) is 15.2. The number of esters is 1. The number of ether oxygens (including phenoxy) is 1. The molecule has 0 aliphatic rings. The number of carbonyl (C=O) groups is 3. The molecule has 0 aliphatic carbocycles. The minimum Gasteiger partial charge on any atom is -0.463 e. The number of aliphatic hydroxyl groups excluding tert-OH is 1. The summed E-state index contributed by atoms with van der Waals surface area (Å²) >= 11 is 0. The highest BCUT2D eigenvalue weighted by atomic mass is 16.5. The van der Waals surface area contributed by atoms with Crippen LogP contribution in [0.4, 0.5) is 0 Å². The van der Waals surface area contributed by atoms with Crippen LogP contribution in [0.2, 0.25) is 0 Å². The monoisotopic (exact) mass is 444 g/mol. The van der Waals surface area contributed by atoms with Crippen LogP contribution in [-0.4, -0.2) is 47.7 Å². The first-order valence-corrected chi connectivity index (χ1v) is 10.8. The first-order valence-electron chi connectivity index (χ1n) is 10.8. The topological polar surface area (TPSA) is 105 Å². The molecule has 0 unspecified atom stereocenters. The molecule has 2 atom stereocenters. The zero-order chi connectivity index (χ0) is 24.0. The molecular formula is C25H36N2O5. The molecule has 2 amide bonds. The lowest BCUT2D eigenvalue weighted by atomic mass is 9.97. The predicted molar refractivity (Wildman–Crippen MR) is 125 cm³/mol. The standard InChI is InChI=1S/C25H36N2O5/c1-5-7-14-23(30)32-18-25(3,4)27-24(31)20(11-6-2)16-22(29)26-21(17-28)15-19-12-9-8-10-13-19/h5-6,8-10,12-13,20-21,28H,1-2,7,11,14-18H2,3-4H3,(H,26,29)(H,27,31)/t20-,21-/m1/s1. The van der Waals surface area contributed by atoms with E-state index in [1.165, 1.54) is 0 Å². The number of carbonyl (C=O) groups excluding carboxylic acids is 3. The quantitative estimate of drug-likeness (QED) is 0.285. The van der Waals surface area contributed by atoms with Gasteiger partial charge in [-0.2, -0.15) is 0 Å². The number of benzene rings is 1. The van der Waals surface area contributed by atoms with Crippen molar-refractivity contribution >= 4 is 17.8 Å². The largest absolute Gasteiger partial charge is 0.463 e. The summed E-state index contributed by atoms with van der Waals surface area (Å²) in [6, 6.07) is 9.11. The van der Waals surface area contributed by atoms with E-state index >= 15 is 0 Å². The van der Waals surface area contributed by atoms with Gasteiger partial charge in [0.2, 0.25) is 11.8 Å². The number of aliphatic hydroxyl groups is 1. The average Bonchev–Trinajstić information content (AvgIpc) is 2.76. The number of rotatable bonds is 15. The number of amides is 2. The van der Waals surface area contributed by atoms with E-state index < -0.39 is 17.5 Å². The minimum atomic E-state index is -0.794. The van der Waals surface area contributed by atoms with Gasteiger partial charge in [0.1, 0.15) is 6.61 Å². The van der Waals surface area contributed by atoms with E-state index in [2.05, 4.69) is 23.8 Å². The van der Waals surface area contributed by atoms with E-state index in [0.29, 0.717) is 19.3 Å². The smallest absolute Gasteiger partial charge is 0.306 e. The van der Waals surface area contributed by atoms with E-state index in [1.54, 1.807) is 26.0 Å². The summed E-state index contributed by atoms with van der Waals surface area (Å²) < 4.78 is 5.23. The second kappa shape index (κ2) is 14.2. The molecule has 1 rings (SSSR count). The molecule has 32 heavy (non-hydrogen) atoms. The third-order valence-electron chi connectivity index (χ3n) is 4.77. The summed E-state index contributed by atoms with van der Waals surface area (Å²) in [4.78, 5) is 37.1. The summed E-state index contributed by atoms with van der Waals surface area (Å²) in [7, 11) is 0. The Balaban J connectivity index is 2.62. The summed E-state index contributed by atoms with van der Waals surface area (Å²) in [5.74, 6) is -1.63. The Labute approximate surface area is 190 Å². The average molecular weight is 445 g/mol. The van der Waals surface area contributed by atoms with Gasteiger partial charge in [0.25, 0.3) is 0 Å². The van der Waals surface area contributed by atoms with Crippen LogP contribution < -0.4 is 10.6 Å². The lowest BCUT2D eigenvalue weighted by molar-refractivity contribution is -0.146. The fourth-order valence-electron chi connectivity index (χ4n) is 3.08. The molecule has 0 heterocycles. The maximum Gasteiger partial charge on any atom is 0.306 e. The Morgan fingerprint density at radius 1 is 1.16 bits per heavy atom. The van der Waals surface area contributed by atoms with E-state index in [-0.39, 0.29) is 43.8 Å². The van der Waals surface area contributed by atoms with Gasteiger partial charge in [-0.25, -0.2) is 0 Å². The van der Waals surface area contributed by atoms with Crippen molar-refractivity contribution in [3.63, 3.8) is 0 Å². The Kier molecular flexibility index (Phi) is 12.0. The lowest BCUT2D eigenvalue weighted by Crippen LogP contribution is -2.50. The van der Waals surface area contributed by atoms with E-state index in [0.717, 1.165) is 5.56 Å². The Morgan fingerprint density at radius 2 is 1.84 bits per heavy atom. The second-order valence-corrected chi connectivity index (χ2v) is 8.42. The third kappa shape index (κ3) is 10.9. The minimum absolute atomic E-state index is 0.0192. The van der Waals surface area contributed by atoms with E-state index in [9.17, 15) is 19.5 Å². The highest BCUT2D eigenvalue weighted by Crippen LogP contribution is 2.14. The van der Waals surface area contributed by atoms with Crippen LogP contribution in [0, 0.1) is 5.92 Å². The third-order valence-corrected chi connectivity index (χ3v) is 4.77. The molecule has 1 aromatic carbocycles. The van der Waals surface area contributed by atoms with Crippen molar-refractivity contribution < 1.29 is 24.2 Å². The molecule has 0 fully saturated rings. The molecular weight excluding hydrogens is 408 g/mol. The fraction of sp³-hybridized carbons (Fsp3) is 0.480. The van der Waals surface area contributed by atoms with Crippen molar-refractivity contribution in [1.29, 1.82) is 0 Å². The molecule has 3 N–H and O–H groups in total. The molecule has 7 nitrogen and oxygen atoms in total. The lowest BCUT2D eigenvalue weighted by Gasteiger charge is -2.28. The van der Waals surface area contributed by atoms with Gasteiger partial charge in [0.15, 0.2) is 0 Å². The molecule has 0 radical (unpaired) electrons. The Bertz CT molecular complexity index is 761. The Hall–Kier alpha value is -2.93. The molecule has 176 valence electrons. The van der Waals surface area contributed by atoms with Crippen LogP contribution in [0.3, 0.4) is 0 Å². The van der Waals surface area contributed by atoms with Crippen LogP contribution in [0.5, 0.6) is 0 Å². The molecule has 0 saturated heterocycles. The van der Waals surface area contributed by atoms with Gasteiger partial charge >= 0.3 is 5.97 Å². The van der Waals surface area contributed by atoms with Gasteiger partial charge in [0, 0.05) is 12.8 Å². The normalized spacial score (nSPS) is 12.8. The van der Waals surface area contributed by atoms with Crippen molar-refractivity contribution in [1.82, 2.24) is 10.6 Å². The number of hydrogen-bond donors (Lipinski definition) is 3. The number of nitrogens with one attached hydrogen (secondary N) is 2. The molecule has 0 saturated carbocycles. The Morgan fingerprint density at radius 3 is 2.44 bits per heavy atom. The van der Waals surface area contributed by atoms with E-state index in [1.807, 2.05) is 30.3 Å². The van der Waals surface area contributed by atoms with Crippen LogP contribution in [0.25, 0.3) is 0 Å². The predicted octanol–water partition coefficient (Wildman–Crippen LogP) is 2.69. The molecule has 1 aromatic rings. The SMILES string of the molecule is C=CCCC(=O)OCC(C)(C)NC(=O)[C@H](CC=C)CC(=O)N[C@@H](CO)Cc1ccccc1. The highest BCUT2D eigenvalue weighted by molar-refractivity contribution is 5.86. The summed E-state index contributed by atoms with van der Waals surface area (Å²) in [5, 5.41) is 15.3. The van der Waals surface area contributed by atoms with E-state index in [4.69, 9.17) is 4.74 Å². The molecule has 0 aliphatic heterocycles. The van der Waals surface area contributed by atoms with Crippen molar-refractivity contribution in [2.45, 2.75) is 57.5 Å². The zero-order valence-electron chi connectivity index (χ0n) is 19.1. The van der Waals surface area contributed by atoms with Gasteiger partial charge in [-0.15, -0.1) is 13.2 Å². The molecule has 0 aromatic heterocycles. The van der Waals surface area contributed by atoms with Gasteiger partial charge in [-0.05, 0) is 38.7 Å². The number of allylic oxidation sites excluding steroid dienone is 2. The summed E-state index contributed by atoms with van der Waals surface area (Å²) in [6.07, 6.45) is 4.76. The van der Waals surface area contributed by atoms with Crippen LogP contribution >= 0.6 is 0 Å². The molecule has 0 spiro atoms. The summed E-state index contributed by atoms with van der Waals surface area (Å²) in [6.45, 7) is 10.6. The van der Waals surface area contributed by atoms with Crippen LogP contribution in [0.1, 0.15) is 45.1 Å². The summed E-state index contributed by atoms with van der Waals surface area (Å²) in [5.41, 5.74) is 0.203. The zero-order valence-corrected chi connectivity index (χ0v) is 19.1. The first kappa shape index (κ1) is 27.1. The number of hydrogen-bond acceptors (Lipinski definition) is 5.